The van der Waals surface area contributed by atoms with Crippen molar-refractivity contribution in [2.75, 3.05) is 43.6 Å². The van der Waals surface area contributed by atoms with Crippen molar-refractivity contribution in [2.45, 2.75) is 49.9 Å². The molecule has 5 aromatic rings. The van der Waals surface area contributed by atoms with Gasteiger partial charge in [0.05, 0.1) is 43.1 Å². The summed E-state index contributed by atoms with van der Waals surface area (Å²) in [7, 11) is -2.90. The molecule has 4 aliphatic rings. The lowest BCUT2D eigenvalue weighted by Gasteiger charge is -2.42. The highest BCUT2D eigenvalue weighted by atomic mass is 32.2. The highest BCUT2D eigenvalue weighted by Crippen LogP contribution is 2.43. The highest BCUT2D eigenvalue weighted by Gasteiger charge is 2.47. The van der Waals surface area contributed by atoms with Crippen molar-refractivity contribution >= 4 is 61.3 Å². The van der Waals surface area contributed by atoms with Crippen molar-refractivity contribution in [3.8, 4) is 11.5 Å². The molecule has 4 amide bonds. The van der Waals surface area contributed by atoms with Gasteiger partial charge in [0.15, 0.2) is 5.82 Å². The minimum Gasteiger partial charge on any atom is -0.487 e. The third kappa shape index (κ3) is 7.50. The molecule has 20 heteroatoms. The topological polar surface area (TPSA) is 182 Å². The Balaban J connectivity index is 0.837. The van der Waals surface area contributed by atoms with Crippen LogP contribution in [0.15, 0.2) is 77.6 Å². The number of carbonyl (C=O) groups is 4. The second-order valence-corrected chi connectivity index (χ2v) is 17.6. The van der Waals surface area contributed by atoms with E-state index in [2.05, 4.69) is 5.32 Å². The number of piperidine rings is 2. The fraction of sp³-hybridized carbons (Fsp3) is 0.357. The standard InChI is InChI=1S/C42H40F3N7O9S/c1-48-33-15-26(8-10-31(33)52(41(48)57)32-11-12-35(53)46-40(32)56)30-13-14-49(23-42(30,44)45)21-37(55)50-18-28(19-50)61-27-9-7-25-16-34(60-22-24-5-3-2-4-6-24)39(38(43)29(25)17-27)51-20-36(54)47-62(51,58)59/h2-10,15-17,28,30,32H,11-14,18-23H2,1H3,(H,47,54)(H,46,53,56). The molecule has 1 aromatic heterocycles. The maximum absolute atomic E-state index is 16.4. The van der Waals surface area contributed by atoms with Crippen LogP contribution < -0.4 is 29.5 Å². The fourth-order valence-electron chi connectivity index (χ4n) is 8.68. The molecule has 0 aliphatic carbocycles. The van der Waals surface area contributed by atoms with E-state index in [1.807, 2.05) is 10.8 Å². The molecule has 0 saturated carbocycles. The van der Waals surface area contributed by atoms with Crippen LogP contribution in [0.1, 0.15) is 42.3 Å². The minimum atomic E-state index is -4.40. The van der Waals surface area contributed by atoms with Gasteiger partial charge in [0.25, 0.3) is 11.8 Å². The summed E-state index contributed by atoms with van der Waals surface area (Å²) < 4.78 is 90.8. The number of likely N-dealkylation sites (tertiary alicyclic amines) is 2. The second-order valence-electron chi connectivity index (χ2n) is 16.0. The molecule has 5 heterocycles. The average molecular weight is 876 g/mol. The Kier molecular flexibility index (Phi) is 10.2. The Morgan fingerprint density at radius 1 is 0.935 bits per heavy atom. The number of alkyl halides is 2. The van der Waals surface area contributed by atoms with Gasteiger partial charge in [-0.3, -0.25) is 38.5 Å². The molecule has 62 heavy (non-hydrogen) atoms. The van der Waals surface area contributed by atoms with E-state index in [1.165, 1.54) is 50.2 Å². The third-order valence-electron chi connectivity index (χ3n) is 11.9. The molecule has 0 bridgehead atoms. The monoisotopic (exact) mass is 875 g/mol. The number of carbonyl (C=O) groups excluding carboxylic acids is 4. The molecule has 4 aromatic carbocycles. The maximum atomic E-state index is 16.4. The van der Waals surface area contributed by atoms with Crippen LogP contribution in [-0.4, -0.2) is 102 Å². The first-order valence-electron chi connectivity index (χ1n) is 19.9. The van der Waals surface area contributed by atoms with Crippen LogP contribution in [-0.2, 0) is 43.0 Å². The van der Waals surface area contributed by atoms with Gasteiger partial charge >= 0.3 is 15.9 Å². The van der Waals surface area contributed by atoms with Gasteiger partial charge in [-0.05, 0) is 66.2 Å². The summed E-state index contributed by atoms with van der Waals surface area (Å²) in [4.78, 5) is 65.7. The Hall–Kier alpha value is -6.41. The van der Waals surface area contributed by atoms with E-state index < -0.39 is 82.2 Å². The summed E-state index contributed by atoms with van der Waals surface area (Å²) in [5, 5.41) is 2.63. The van der Waals surface area contributed by atoms with Gasteiger partial charge < -0.3 is 14.4 Å². The van der Waals surface area contributed by atoms with Crippen LogP contribution in [0.5, 0.6) is 11.5 Å². The number of hydrogen-bond donors (Lipinski definition) is 2. The summed E-state index contributed by atoms with van der Waals surface area (Å²) in [6, 6.07) is 18.8. The number of amides is 4. The van der Waals surface area contributed by atoms with E-state index in [1.54, 1.807) is 42.5 Å². The van der Waals surface area contributed by atoms with E-state index in [9.17, 15) is 32.4 Å². The number of nitrogens with zero attached hydrogens (tertiary/aromatic N) is 5. The van der Waals surface area contributed by atoms with Crippen molar-refractivity contribution in [1.29, 1.82) is 0 Å². The number of anilines is 1. The number of imidazole rings is 1. The van der Waals surface area contributed by atoms with Crippen molar-refractivity contribution < 1.29 is 50.2 Å². The number of fused-ring (bicyclic) bond motifs is 2. The van der Waals surface area contributed by atoms with E-state index >= 15 is 13.2 Å². The van der Waals surface area contributed by atoms with Crippen molar-refractivity contribution in [1.82, 2.24) is 29.0 Å². The maximum Gasteiger partial charge on any atom is 0.329 e. The van der Waals surface area contributed by atoms with Crippen LogP contribution in [0.2, 0.25) is 0 Å². The first-order valence-corrected chi connectivity index (χ1v) is 21.4. The number of halogens is 3. The number of imide groups is 1. The molecule has 2 atom stereocenters. The Morgan fingerprint density at radius 2 is 1.71 bits per heavy atom. The quantitative estimate of drug-likeness (QED) is 0.198. The van der Waals surface area contributed by atoms with E-state index in [0.29, 0.717) is 26.3 Å². The molecule has 324 valence electrons. The first-order chi connectivity index (χ1) is 29.6. The fourth-order valence-corrected chi connectivity index (χ4v) is 9.84. The van der Waals surface area contributed by atoms with E-state index in [-0.39, 0.29) is 74.8 Å². The molecule has 4 fully saturated rings. The Bertz CT molecular complexity index is 2850. The molecule has 2 unspecified atom stereocenters. The second kappa shape index (κ2) is 15.5. The van der Waals surface area contributed by atoms with Crippen LogP contribution in [0.25, 0.3) is 21.8 Å². The predicted octanol–water partition coefficient (Wildman–Crippen LogP) is 3.08. The number of ether oxygens (including phenoxy) is 2. The van der Waals surface area contributed by atoms with E-state index in [0.717, 1.165) is 5.56 Å². The van der Waals surface area contributed by atoms with Crippen molar-refractivity contribution in [3.05, 3.63) is 100 Å². The van der Waals surface area contributed by atoms with Gasteiger partial charge in [-0.2, -0.15) is 8.42 Å². The number of hydrogen-bond acceptors (Lipinski definition) is 10. The van der Waals surface area contributed by atoms with Gasteiger partial charge in [0, 0.05) is 18.9 Å². The lowest BCUT2D eigenvalue weighted by molar-refractivity contribution is -0.144. The smallest absolute Gasteiger partial charge is 0.329 e. The summed E-state index contributed by atoms with van der Waals surface area (Å²) in [6.07, 6.45) is -0.236. The van der Waals surface area contributed by atoms with Gasteiger partial charge in [0.2, 0.25) is 17.7 Å². The van der Waals surface area contributed by atoms with Crippen LogP contribution >= 0.6 is 0 Å². The summed E-state index contributed by atoms with van der Waals surface area (Å²) >= 11 is 0. The number of aromatic nitrogens is 2. The third-order valence-corrected chi connectivity index (χ3v) is 13.3. The summed E-state index contributed by atoms with van der Waals surface area (Å²) in [5.41, 5.74) is 0.909. The zero-order chi connectivity index (χ0) is 43.7. The molecular weight excluding hydrogens is 836 g/mol. The average Bonchev–Trinajstić information content (AvgIpc) is 3.62. The molecule has 2 N–H and O–H groups in total. The SMILES string of the molecule is Cn1c(=O)n(C2CCC(=O)NC2=O)c2ccc(C3CCN(CC(=O)N4CC(Oc5ccc6cc(OCc7ccccc7)c(N7CC(=O)NS7(=O)=O)c(F)c6c5)C4)CC3(F)F)cc21. The summed E-state index contributed by atoms with van der Waals surface area (Å²) in [6.45, 7) is -1.04. The number of benzene rings is 4. The van der Waals surface area contributed by atoms with Gasteiger partial charge in [-0.1, -0.05) is 42.5 Å². The molecule has 16 nitrogen and oxygen atoms in total. The Labute approximate surface area is 351 Å². The first kappa shape index (κ1) is 41.0. The van der Waals surface area contributed by atoms with Crippen LogP contribution in [0.4, 0.5) is 18.9 Å². The highest BCUT2D eigenvalue weighted by molar-refractivity contribution is 7.92. The Morgan fingerprint density at radius 3 is 2.42 bits per heavy atom. The lowest BCUT2D eigenvalue weighted by atomic mass is 9.86. The zero-order valence-corrected chi connectivity index (χ0v) is 34.0. The van der Waals surface area contributed by atoms with Gasteiger partial charge in [-0.15, -0.1) is 0 Å². The number of nitrogens with one attached hydrogen (secondary N) is 2. The minimum absolute atomic E-state index is 0.000132. The van der Waals surface area contributed by atoms with Crippen molar-refractivity contribution in [3.63, 3.8) is 0 Å². The number of aryl methyl sites for hydroxylation is 1. The van der Waals surface area contributed by atoms with Crippen LogP contribution in [0.3, 0.4) is 0 Å². The lowest BCUT2D eigenvalue weighted by Crippen LogP contribution is -2.59. The normalized spacial score (nSPS) is 21.5. The zero-order valence-electron chi connectivity index (χ0n) is 33.2. The van der Waals surface area contributed by atoms with Gasteiger partial charge in [-0.25, -0.2) is 27.0 Å². The largest absolute Gasteiger partial charge is 0.487 e. The molecule has 0 radical (unpaired) electrons. The predicted molar refractivity (Wildman–Crippen MR) is 217 cm³/mol. The molecule has 4 saturated heterocycles. The van der Waals surface area contributed by atoms with Gasteiger partial charge in [0.1, 0.15) is 42.5 Å². The number of rotatable bonds is 10. The van der Waals surface area contributed by atoms with Crippen molar-refractivity contribution in [2.24, 2.45) is 7.05 Å². The summed E-state index contributed by atoms with van der Waals surface area (Å²) in [5.74, 6) is -7.41. The molecule has 0 spiro atoms. The van der Waals surface area contributed by atoms with Crippen LogP contribution in [0, 0.1) is 5.82 Å². The molecule has 4 aliphatic heterocycles. The van der Waals surface area contributed by atoms with E-state index in [4.69, 9.17) is 9.47 Å². The molecular formula is C42H40F3N7O9S. The molecule has 9 rings (SSSR count).